The molecule has 0 aromatic heterocycles. The standard InChI is InChI=1S/C45H84O4/c1-10-13-16-19-22-25-28-33-47-43(4,5)36-39-31-32-42(46)41(38-45(8,9)49-35-30-27-24-21-18-15-12-3)40(39)37-44(6,7)48-34-29-26-23-20-17-14-11-2/h31-32,46H,10-30,33-38H2,1-9H3. The second kappa shape index (κ2) is 26.6. The number of rotatable bonds is 33. The maximum Gasteiger partial charge on any atom is 0.119 e. The fraction of sp³-hybridized carbons (Fsp3) is 0.867. The summed E-state index contributed by atoms with van der Waals surface area (Å²) in [5.41, 5.74) is 2.47. The molecular formula is C45H84O4. The van der Waals surface area contributed by atoms with E-state index in [9.17, 15) is 5.11 Å². The van der Waals surface area contributed by atoms with Gasteiger partial charge in [0.1, 0.15) is 5.75 Å². The molecule has 0 radical (unpaired) electrons. The molecule has 1 rings (SSSR count). The summed E-state index contributed by atoms with van der Waals surface area (Å²) in [4.78, 5) is 0. The maximum atomic E-state index is 11.4. The van der Waals surface area contributed by atoms with Gasteiger partial charge in [0, 0.05) is 44.6 Å². The zero-order valence-electron chi connectivity index (χ0n) is 34.4. The lowest BCUT2D eigenvalue weighted by Gasteiger charge is -2.33. The molecule has 4 nitrogen and oxygen atoms in total. The summed E-state index contributed by atoms with van der Waals surface area (Å²) in [5.74, 6) is 0.371. The average molecular weight is 689 g/mol. The number of benzene rings is 1. The number of ether oxygens (including phenoxy) is 3. The van der Waals surface area contributed by atoms with Gasteiger partial charge in [-0.05, 0) is 78.0 Å². The van der Waals surface area contributed by atoms with Crippen molar-refractivity contribution < 1.29 is 19.3 Å². The number of phenols is 1. The van der Waals surface area contributed by atoms with Crippen LogP contribution < -0.4 is 0 Å². The van der Waals surface area contributed by atoms with Crippen LogP contribution in [0.4, 0.5) is 0 Å². The van der Waals surface area contributed by atoms with Gasteiger partial charge in [0.05, 0.1) is 16.8 Å². The lowest BCUT2D eigenvalue weighted by molar-refractivity contribution is -0.0253. The van der Waals surface area contributed by atoms with E-state index in [1.807, 2.05) is 6.07 Å². The van der Waals surface area contributed by atoms with E-state index in [0.717, 1.165) is 57.5 Å². The second-order valence-electron chi connectivity index (χ2n) is 16.9. The molecule has 0 aliphatic heterocycles. The third-order valence-corrected chi connectivity index (χ3v) is 10.0. The van der Waals surface area contributed by atoms with Gasteiger partial charge in [-0.25, -0.2) is 0 Å². The van der Waals surface area contributed by atoms with Crippen molar-refractivity contribution in [2.24, 2.45) is 0 Å². The van der Waals surface area contributed by atoms with Crippen LogP contribution in [0.2, 0.25) is 0 Å². The van der Waals surface area contributed by atoms with Crippen LogP contribution in [0.3, 0.4) is 0 Å². The highest BCUT2D eigenvalue weighted by atomic mass is 16.5. The summed E-state index contributed by atoms with van der Waals surface area (Å²) in [5, 5.41) is 11.4. The van der Waals surface area contributed by atoms with Crippen molar-refractivity contribution in [1.29, 1.82) is 0 Å². The molecule has 4 heteroatoms. The van der Waals surface area contributed by atoms with Crippen molar-refractivity contribution in [3.63, 3.8) is 0 Å². The highest BCUT2D eigenvalue weighted by molar-refractivity contribution is 5.46. The Morgan fingerprint density at radius 3 is 1.08 bits per heavy atom. The molecule has 1 N–H and O–H groups in total. The van der Waals surface area contributed by atoms with E-state index in [-0.39, 0.29) is 16.8 Å². The molecule has 0 aliphatic rings. The van der Waals surface area contributed by atoms with Crippen LogP contribution in [0, 0.1) is 0 Å². The Balaban J connectivity index is 2.99. The van der Waals surface area contributed by atoms with Crippen LogP contribution in [0.1, 0.15) is 214 Å². The summed E-state index contributed by atoms with van der Waals surface area (Å²) < 4.78 is 19.6. The third kappa shape index (κ3) is 23.2. The Morgan fingerprint density at radius 1 is 0.408 bits per heavy atom. The van der Waals surface area contributed by atoms with E-state index in [2.05, 4.69) is 68.4 Å². The van der Waals surface area contributed by atoms with Gasteiger partial charge in [-0.1, -0.05) is 142 Å². The molecule has 288 valence electrons. The van der Waals surface area contributed by atoms with Gasteiger partial charge in [0.2, 0.25) is 0 Å². The van der Waals surface area contributed by atoms with Crippen molar-refractivity contribution in [1.82, 2.24) is 0 Å². The third-order valence-electron chi connectivity index (χ3n) is 10.0. The minimum Gasteiger partial charge on any atom is -0.508 e. The molecule has 1 aromatic rings. The number of unbranched alkanes of at least 4 members (excludes halogenated alkanes) is 18. The Morgan fingerprint density at radius 2 is 0.714 bits per heavy atom. The van der Waals surface area contributed by atoms with E-state index in [1.165, 1.54) is 127 Å². The normalized spacial score (nSPS) is 12.7. The van der Waals surface area contributed by atoms with Crippen LogP contribution in [-0.4, -0.2) is 41.7 Å². The van der Waals surface area contributed by atoms with Gasteiger partial charge in [-0.3, -0.25) is 0 Å². The summed E-state index contributed by atoms with van der Waals surface area (Å²) >= 11 is 0. The summed E-state index contributed by atoms with van der Waals surface area (Å²) in [6.07, 6.45) is 29.1. The van der Waals surface area contributed by atoms with Gasteiger partial charge in [-0.2, -0.15) is 0 Å². The van der Waals surface area contributed by atoms with Crippen molar-refractivity contribution in [3.05, 3.63) is 28.8 Å². The number of hydrogen-bond acceptors (Lipinski definition) is 4. The van der Waals surface area contributed by atoms with Gasteiger partial charge in [0.15, 0.2) is 0 Å². The van der Waals surface area contributed by atoms with E-state index in [0.29, 0.717) is 12.2 Å². The SMILES string of the molecule is CCCCCCCCCOC(C)(C)Cc1ccc(O)c(CC(C)(C)OCCCCCCCCC)c1CC(C)(C)OCCCCCCCCC. The first-order valence-electron chi connectivity index (χ1n) is 21.1. The Bertz CT molecular complexity index is 934. The molecule has 0 bridgehead atoms. The lowest BCUT2D eigenvalue weighted by atomic mass is 9.83. The smallest absolute Gasteiger partial charge is 0.119 e. The van der Waals surface area contributed by atoms with Crippen LogP contribution in [0.15, 0.2) is 12.1 Å². The topological polar surface area (TPSA) is 47.9 Å². The summed E-state index contributed by atoms with van der Waals surface area (Å²) in [6, 6.07) is 4.03. The molecule has 0 unspecified atom stereocenters. The minimum absolute atomic E-state index is 0.295. The Labute approximate surface area is 306 Å². The summed E-state index contributed by atoms with van der Waals surface area (Å²) in [7, 11) is 0. The average Bonchev–Trinajstić information content (AvgIpc) is 3.04. The fourth-order valence-electron chi connectivity index (χ4n) is 7.00. The molecule has 0 fully saturated rings. The van der Waals surface area contributed by atoms with Crippen LogP contribution in [0.5, 0.6) is 5.75 Å². The highest BCUT2D eigenvalue weighted by Crippen LogP contribution is 2.35. The zero-order chi connectivity index (χ0) is 36.4. The monoisotopic (exact) mass is 689 g/mol. The number of phenolic OH excluding ortho intramolecular Hbond substituents is 1. The Kier molecular flexibility index (Phi) is 25.0. The first-order chi connectivity index (χ1) is 23.4. The molecule has 49 heavy (non-hydrogen) atoms. The first kappa shape index (κ1) is 45.9. The molecule has 0 saturated carbocycles. The molecule has 0 atom stereocenters. The molecule has 0 spiro atoms. The zero-order valence-corrected chi connectivity index (χ0v) is 34.4. The number of hydrogen-bond donors (Lipinski definition) is 1. The predicted molar refractivity (Wildman–Crippen MR) is 213 cm³/mol. The second-order valence-corrected chi connectivity index (χ2v) is 16.9. The van der Waals surface area contributed by atoms with Gasteiger partial charge in [-0.15, -0.1) is 0 Å². The first-order valence-corrected chi connectivity index (χ1v) is 21.1. The molecule has 0 amide bonds. The largest absolute Gasteiger partial charge is 0.508 e. The molecule has 0 aliphatic carbocycles. The van der Waals surface area contributed by atoms with Crippen molar-refractivity contribution >= 4 is 0 Å². The minimum atomic E-state index is -0.376. The maximum absolute atomic E-state index is 11.4. The van der Waals surface area contributed by atoms with E-state index in [1.54, 1.807) is 0 Å². The van der Waals surface area contributed by atoms with Gasteiger partial charge in [0.25, 0.3) is 0 Å². The van der Waals surface area contributed by atoms with Crippen LogP contribution in [-0.2, 0) is 33.5 Å². The Hall–Kier alpha value is -1.10. The van der Waals surface area contributed by atoms with E-state index in [4.69, 9.17) is 14.2 Å². The van der Waals surface area contributed by atoms with Crippen molar-refractivity contribution in [3.8, 4) is 5.75 Å². The van der Waals surface area contributed by atoms with Crippen molar-refractivity contribution in [2.75, 3.05) is 19.8 Å². The van der Waals surface area contributed by atoms with E-state index < -0.39 is 0 Å². The van der Waals surface area contributed by atoms with Crippen LogP contribution >= 0.6 is 0 Å². The molecule has 0 heterocycles. The summed E-state index contributed by atoms with van der Waals surface area (Å²) in [6.45, 7) is 22.4. The van der Waals surface area contributed by atoms with Gasteiger partial charge >= 0.3 is 0 Å². The molecular weight excluding hydrogens is 604 g/mol. The predicted octanol–water partition coefficient (Wildman–Crippen LogP) is 13.7. The van der Waals surface area contributed by atoms with E-state index >= 15 is 0 Å². The lowest BCUT2D eigenvalue weighted by Crippen LogP contribution is -2.33. The van der Waals surface area contributed by atoms with Crippen LogP contribution in [0.25, 0.3) is 0 Å². The van der Waals surface area contributed by atoms with Crippen molar-refractivity contribution in [2.45, 2.75) is 233 Å². The number of aromatic hydroxyl groups is 1. The molecule has 1 aromatic carbocycles. The van der Waals surface area contributed by atoms with Gasteiger partial charge < -0.3 is 19.3 Å². The molecule has 0 saturated heterocycles. The fourth-order valence-corrected chi connectivity index (χ4v) is 7.00. The highest BCUT2D eigenvalue weighted by Gasteiger charge is 2.30. The quantitative estimate of drug-likeness (QED) is 0.0747.